The van der Waals surface area contributed by atoms with Gasteiger partial charge in [-0.1, -0.05) is 69.2 Å². The van der Waals surface area contributed by atoms with Gasteiger partial charge in [0.1, 0.15) is 11.5 Å². The van der Waals surface area contributed by atoms with Crippen molar-refractivity contribution >= 4 is 17.4 Å². The number of unbranched alkanes of at least 4 members (excludes halogenated alkanes) is 2. The molecule has 0 aromatic heterocycles. The molecule has 1 saturated heterocycles. The van der Waals surface area contributed by atoms with Gasteiger partial charge in [0.05, 0.1) is 11.6 Å². The minimum Gasteiger partial charge on any atom is -0.508 e. The standard InChI is InChI=1S/C28H36N2O4/c1-3-5-16-29(17-6-4-2)18-11-19-30-25(22-14-10-15-23(31)20-22)24(27(33)28(30)34)26(32)21-12-8-7-9-13-21/h7-10,12-15,20,25,31-32H,3-6,11,16-19H2,1-2H3/b26-24-. The summed E-state index contributed by atoms with van der Waals surface area (Å²) in [4.78, 5) is 30.2. The van der Waals surface area contributed by atoms with E-state index < -0.39 is 17.7 Å². The van der Waals surface area contributed by atoms with Crippen molar-refractivity contribution in [3.63, 3.8) is 0 Å². The Hall–Kier alpha value is -3.12. The third kappa shape index (κ3) is 6.06. The number of phenolic OH excluding ortho intramolecular Hbond substituents is 1. The van der Waals surface area contributed by atoms with Gasteiger partial charge >= 0.3 is 0 Å². The third-order valence-corrected chi connectivity index (χ3v) is 6.30. The molecule has 1 aliphatic rings. The number of amides is 1. The maximum Gasteiger partial charge on any atom is 0.295 e. The Labute approximate surface area is 202 Å². The smallest absolute Gasteiger partial charge is 0.295 e. The fourth-order valence-electron chi connectivity index (χ4n) is 4.47. The van der Waals surface area contributed by atoms with Crippen LogP contribution in [0.3, 0.4) is 0 Å². The van der Waals surface area contributed by atoms with Crippen LogP contribution < -0.4 is 0 Å². The van der Waals surface area contributed by atoms with Crippen LogP contribution >= 0.6 is 0 Å². The van der Waals surface area contributed by atoms with Gasteiger partial charge in [-0.25, -0.2) is 0 Å². The summed E-state index contributed by atoms with van der Waals surface area (Å²) in [5.41, 5.74) is 1.15. The Bertz CT molecular complexity index is 994. The normalized spacial score (nSPS) is 17.6. The zero-order valence-corrected chi connectivity index (χ0v) is 20.2. The van der Waals surface area contributed by atoms with E-state index in [1.54, 1.807) is 53.4 Å². The fraction of sp³-hybridized carbons (Fsp3) is 0.429. The number of carbonyl (C=O) groups excluding carboxylic acids is 2. The Morgan fingerprint density at radius 1 is 0.912 bits per heavy atom. The number of nitrogens with zero attached hydrogens (tertiary/aromatic N) is 2. The summed E-state index contributed by atoms with van der Waals surface area (Å²) in [6.45, 7) is 7.65. The van der Waals surface area contributed by atoms with Crippen molar-refractivity contribution in [3.8, 4) is 5.75 Å². The number of rotatable bonds is 12. The average Bonchev–Trinajstić information content (AvgIpc) is 3.10. The van der Waals surface area contributed by atoms with Gasteiger partial charge in [0, 0.05) is 12.1 Å². The zero-order valence-electron chi connectivity index (χ0n) is 20.2. The second kappa shape index (κ2) is 12.4. The molecule has 6 heteroatoms. The number of benzene rings is 2. The molecule has 0 saturated carbocycles. The molecule has 1 amide bonds. The second-order valence-electron chi connectivity index (χ2n) is 8.86. The molecular formula is C28H36N2O4. The summed E-state index contributed by atoms with van der Waals surface area (Å²) in [5.74, 6) is -1.45. The number of Topliss-reactive ketones (excluding diaryl/α,β-unsaturated/α-hetero) is 1. The third-order valence-electron chi connectivity index (χ3n) is 6.30. The summed E-state index contributed by atoms with van der Waals surface area (Å²) in [7, 11) is 0. The summed E-state index contributed by atoms with van der Waals surface area (Å²) in [6, 6.07) is 14.6. The molecule has 1 heterocycles. The lowest BCUT2D eigenvalue weighted by Crippen LogP contribution is -2.34. The van der Waals surface area contributed by atoms with Crippen LogP contribution in [0, 0.1) is 0 Å². The van der Waals surface area contributed by atoms with Gasteiger partial charge in [0.25, 0.3) is 11.7 Å². The molecule has 1 fully saturated rings. The molecule has 0 radical (unpaired) electrons. The fourth-order valence-corrected chi connectivity index (χ4v) is 4.47. The van der Waals surface area contributed by atoms with Crippen LogP contribution in [0.5, 0.6) is 5.75 Å². The molecule has 2 aromatic carbocycles. The van der Waals surface area contributed by atoms with E-state index in [1.807, 2.05) is 6.07 Å². The summed E-state index contributed by atoms with van der Waals surface area (Å²) in [6.07, 6.45) is 5.26. The van der Waals surface area contributed by atoms with Gasteiger partial charge in [0.15, 0.2) is 0 Å². The van der Waals surface area contributed by atoms with Crippen molar-refractivity contribution in [3.05, 3.63) is 71.3 Å². The van der Waals surface area contributed by atoms with Gasteiger partial charge in [-0.2, -0.15) is 0 Å². The van der Waals surface area contributed by atoms with Crippen molar-refractivity contribution in [1.29, 1.82) is 0 Å². The number of aliphatic hydroxyl groups is 1. The minimum atomic E-state index is -0.743. The van der Waals surface area contributed by atoms with Crippen LogP contribution in [0.15, 0.2) is 60.2 Å². The Morgan fingerprint density at radius 3 is 2.18 bits per heavy atom. The average molecular weight is 465 g/mol. The van der Waals surface area contributed by atoms with E-state index in [-0.39, 0.29) is 17.1 Å². The Kier molecular flexibility index (Phi) is 9.28. The largest absolute Gasteiger partial charge is 0.508 e. The molecular weight excluding hydrogens is 428 g/mol. The highest BCUT2D eigenvalue weighted by atomic mass is 16.3. The quantitative estimate of drug-likeness (QED) is 0.259. The van der Waals surface area contributed by atoms with Gasteiger partial charge in [-0.05, 0) is 56.6 Å². The van der Waals surface area contributed by atoms with E-state index in [2.05, 4.69) is 18.7 Å². The minimum absolute atomic E-state index is 0.0492. The first-order chi connectivity index (χ1) is 16.5. The first kappa shape index (κ1) is 25.5. The number of ketones is 1. The van der Waals surface area contributed by atoms with Crippen molar-refractivity contribution < 1.29 is 19.8 Å². The van der Waals surface area contributed by atoms with Crippen molar-refractivity contribution in [2.45, 2.75) is 52.0 Å². The number of carbonyl (C=O) groups is 2. The predicted octanol–water partition coefficient (Wildman–Crippen LogP) is 5.11. The molecule has 0 bridgehead atoms. The number of phenols is 1. The molecule has 34 heavy (non-hydrogen) atoms. The maximum atomic E-state index is 13.1. The summed E-state index contributed by atoms with van der Waals surface area (Å²) < 4.78 is 0. The van der Waals surface area contributed by atoms with E-state index in [0.29, 0.717) is 17.7 Å². The Balaban J connectivity index is 1.89. The molecule has 3 rings (SSSR count). The van der Waals surface area contributed by atoms with E-state index in [1.165, 1.54) is 0 Å². The van der Waals surface area contributed by atoms with Crippen LogP contribution in [-0.2, 0) is 9.59 Å². The molecule has 6 nitrogen and oxygen atoms in total. The second-order valence-corrected chi connectivity index (χ2v) is 8.86. The van der Waals surface area contributed by atoms with Gasteiger partial charge in [-0.3, -0.25) is 9.59 Å². The summed E-state index contributed by atoms with van der Waals surface area (Å²) in [5, 5.41) is 21.1. The molecule has 1 unspecified atom stereocenters. The van der Waals surface area contributed by atoms with E-state index in [0.717, 1.165) is 51.7 Å². The van der Waals surface area contributed by atoms with Crippen LogP contribution in [0.2, 0.25) is 0 Å². The van der Waals surface area contributed by atoms with Crippen LogP contribution in [0.25, 0.3) is 5.76 Å². The molecule has 0 aliphatic carbocycles. The number of hydrogen-bond acceptors (Lipinski definition) is 5. The van der Waals surface area contributed by atoms with Crippen LogP contribution in [0.1, 0.15) is 63.1 Å². The zero-order chi connectivity index (χ0) is 24.5. The number of likely N-dealkylation sites (tertiary alicyclic amines) is 1. The molecule has 182 valence electrons. The Morgan fingerprint density at radius 2 is 1.56 bits per heavy atom. The SMILES string of the molecule is CCCCN(CCCC)CCCN1C(=O)C(=O)/C(=C(\O)c2ccccc2)C1c1cccc(O)c1. The summed E-state index contributed by atoms with van der Waals surface area (Å²) >= 11 is 0. The highest BCUT2D eigenvalue weighted by Gasteiger charge is 2.45. The molecule has 2 N–H and O–H groups in total. The lowest BCUT2D eigenvalue weighted by Gasteiger charge is -2.27. The topological polar surface area (TPSA) is 81.1 Å². The van der Waals surface area contributed by atoms with Crippen LogP contribution in [0.4, 0.5) is 0 Å². The van der Waals surface area contributed by atoms with Crippen molar-refractivity contribution in [2.24, 2.45) is 0 Å². The molecule has 1 atom stereocenters. The molecule has 0 spiro atoms. The van der Waals surface area contributed by atoms with E-state index in [4.69, 9.17) is 0 Å². The van der Waals surface area contributed by atoms with Gasteiger partial charge in [0.2, 0.25) is 0 Å². The molecule has 2 aromatic rings. The number of aliphatic hydroxyl groups excluding tert-OH is 1. The number of aromatic hydroxyl groups is 1. The van der Waals surface area contributed by atoms with Crippen LogP contribution in [-0.4, -0.2) is 57.9 Å². The van der Waals surface area contributed by atoms with E-state index >= 15 is 0 Å². The lowest BCUT2D eigenvalue weighted by atomic mass is 9.95. The molecule has 1 aliphatic heterocycles. The highest BCUT2D eigenvalue weighted by molar-refractivity contribution is 6.46. The van der Waals surface area contributed by atoms with Crippen molar-refractivity contribution in [1.82, 2.24) is 9.80 Å². The van der Waals surface area contributed by atoms with Gasteiger partial charge < -0.3 is 20.0 Å². The maximum absolute atomic E-state index is 13.1. The number of hydrogen-bond donors (Lipinski definition) is 2. The lowest BCUT2D eigenvalue weighted by molar-refractivity contribution is -0.140. The first-order valence-corrected chi connectivity index (χ1v) is 12.3. The first-order valence-electron chi connectivity index (χ1n) is 12.3. The van der Waals surface area contributed by atoms with Gasteiger partial charge in [-0.15, -0.1) is 0 Å². The predicted molar refractivity (Wildman–Crippen MR) is 134 cm³/mol. The monoisotopic (exact) mass is 464 g/mol. The highest BCUT2D eigenvalue weighted by Crippen LogP contribution is 2.40. The van der Waals surface area contributed by atoms with Crippen molar-refractivity contribution in [2.75, 3.05) is 26.2 Å². The van der Waals surface area contributed by atoms with E-state index in [9.17, 15) is 19.8 Å².